The number of benzene rings is 1. The Morgan fingerprint density at radius 1 is 1.45 bits per heavy atom. The molecule has 0 aliphatic rings. The predicted molar refractivity (Wildman–Crippen MR) is 74.5 cm³/mol. The van der Waals surface area contributed by atoms with Gasteiger partial charge in [0.2, 0.25) is 5.82 Å². The van der Waals surface area contributed by atoms with Crippen molar-refractivity contribution in [3.63, 3.8) is 0 Å². The van der Waals surface area contributed by atoms with Crippen molar-refractivity contribution in [2.24, 2.45) is 12.0 Å². The van der Waals surface area contributed by atoms with Gasteiger partial charge in [-0.25, -0.2) is 0 Å². The number of aromatic nitrogens is 5. The van der Waals surface area contributed by atoms with E-state index in [1.807, 2.05) is 30.5 Å². The summed E-state index contributed by atoms with van der Waals surface area (Å²) in [5.74, 6) is 0.281. The first-order chi connectivity index (χ1) is 9.74. The summed E-state index contributed by atoms with van der Waals surface area (Å²) in [6.07, 6.45) is 2.78. The fraction of sp³-hybridized carbons (Fsp3) is 0.231. The fourth-order valence-electron chi connectivity index (χ4n) is 1.97. The maximum atomic E-state index is 9.88. The highest BCUT2D eigenvalue weighted by Gasteiger charge is 2.12. The zero-order chi connectivity index (χ0) is 13.9. The molecule has 2 N–H and O–H groups in total. The predicted octanol–water partition coefficient (Wildman–Crippen LogP) is 0.844. The number of aliphatic hydroxyl groups excluding tert-OH is 1. The standard InChI is InChI=1S/C13H14N6O/c1-19-17-13(16-18-19)12(20)8-14-6-9-7-15-11-5-3-2-4-10(9)11/h2-7,12,15,20H,8H2,1H3/t12-/m1/s1. The van der Waals surface area contributed by atoms with Gasteiger partial charge in [-0.15, -0.1) is 10.2 Å². The van der Waals surface area contributed by atoms with E-state index in [-0.39, 0.29) is 12.4 Å². The second-order valence-corrected chi connectivity index (χ2v) is 4.44. The number of H-pyrrole nitrogens is 1. The van der Waals surface area contributed by atoms with Gasteiger partial charge < -0.3 is 10.1 Å². The summed E-state index contributed by atoms with van der Waals surface area (Å²) in [5, 5.41) is 22.3. The lowest BCUT2D eigenvalue weighted by Gasteiger charge is -2.00. The molecule has 7 nitrogen and oxygen atoms in total. The molecular formula is C13H14N6O. The zero-order valence-electron chi connectivity index (χ0n) is 10.9. The van der Waals surface area contributed by atoms with Crippen molar-refractivity contribution in [2.45, 2.75) is 6.10 Å². The van der Waals surface area contributed by atoms with Crippen LogP contribution in [-0.2, 0) is 7.05 Å². The minimum Gasteiger partial charge on any atom is -0.383 e. The van der Waals surface area contributed by atoms with E-state index in [1.54, 1.807) is 13.3 Å². The molecule has 0 saturated carbocycles. The van der Waals surface area contributed by atoms with Gasteiger partial charge in [-0.1, -0.05) is 18.2 Å². The molecule has 7 heteroatoms. The van der Waals surface area contributed by atoms with E-state index in [2.05, 4.69) is 25.4 Å². The van der Waals surface area contributed by atoms with Gasteiger partial charge in [0.25, 0.3) is 0 Å². The summed E-state index contributed by atoms with van der Waals surface area (Å²) in [6.45, 7) is 0.200. The molecule has 1 aromatic carbocycles. The summed E-state index contributed by atoms with van der Waals surface area (Å²) in [5.41, 5.74) is 2.05. The highest BCUT2D eigenvalue weighted by Crippen LogP contribution is 2.16. The molecule has 102 valence electrons. The molecule has 3 rings (SSSR count). The number of tetrazole rings is 1. The molecule has 0 unspecified atom stereocenters. The third-order valence-electron chi connectivity index (χ3n) is 2.95. The average Bonchev–Trinajstić information content (AvgIpc) is 3.06. The van der Waals surface area contributed by atoms with Crippen molar-refractivity contribution in [1.82, 2.24) is 25.2 Å². The molecule has 1 atom stereocenters. The van der Waals surface area contributed by atoms with E-state index in [0.717, 1.165) is 16.5 Å². The molecule has 0 spiro atoms. The maximum Gasteiger partial charge on any atom is 0.205 e. The lowest BCUT2D eigenvalue weighted by Crippen LogP contribution is -2.05. The van der Waals surface area contributed by atoms with E-state index in [4.69, 9.17) is 0 Å². The largest absolute Gasteiger partial charge is 0.383 e. The monoisotopic (exact) mass is 270 g/mol. The average molecular weight is 270 g/mol. The highest BCUT2D eigenvalue weighted by atomic mass is 16.3. The Bertz CT molecular complexity index is 744. The SMILES string of the molecule is Cn1nnc([C@H](O)CN=Cc2c[nH]c3ccccc23)n1. The highest BCUT2D eigenvalue weighted by molar-refractivity contribution is 5.98. The van der Waals surface area contributed by atoms with E-state index in [9.17, 15) is 5.11 Å². The quantitative estimate of drug-likeness (QED) is 0.687. The van der Waals surface area contributed by atoms with Crippen LogP contribution in [0.3, 0.4) is 0 Å². The van der Waals surface area contributed by atoms with Gasteiger partial charge in [-0.2, -0.15) is 4.80 Å². The second kappa shape index (κ2) is 5.22. The summed E-state index contributed by atoms with van der Waals surface area (Å²) >= 11 is 0. The topological polar surface area (TPSA) is 92.0 Å². The summed E-state index contributed by atoms with van der Waals surface area (Å²) in [4.78, 5) is 8.71. The number of aromatic amines is 1. The summed E-state index contributed by atoms with van der Waals surface area (Å²) in [6, 6.07) is 7.98. The Balaban J connectivity index is 1.71. The fourth-order valence-corrected chi connectivity index (χ4v) is 1.97. The minimum absolute atomic E-state index is 0.200. The first-order valence-corrected chi connectivity index (χ1v) is 6.22. The van der Waals surface area contributed by atoms with Crippen LogP contribution in [0, 0.1) is 0 Å². The van der Waals surface area contributed by atoms with Crippen molar-refractivity contribution in [2.75, 3.05) is 6.54 Å². The smallest absolute Gasteiger partial charge is 0.205 e. The Morgan fingerprint density at radius 2 is 2.30 bits per heavy atom. The molecule has 0 bridgehead atoms. The molecule has 0 aliphatic heterocycles. The molecular weight excluding hydrogens is 256 g/mol. The molecule has 2 heterocycles. The van der Waals surface area contributed by atoms with Crippen LogP contribution in [0.5, 0.6) is 0 Å². The minimum atomic E-state index is -0.842. The van der Waals surface area contributed by atoms with Gasteiger partial charge in [-0.05, 0) is 11.3 Å². The molecule has 0 aliphatic carbocycles. The third-order valence-corrected chi connectivity index (χ3v) is 2.95. The van der Waals surface area contributed by atoms with E-state index >= 15 is 0 Å². The van der Waals surface area contributed by atoms with Crippen LogP contribution in [0.1, 0.15) is 17.5 Å². The summed E-state index contributed by atoms with van der Waals surface area (Å²) in [7, 11) is 1.65. The van der Waals surface area contributed by atoms with Crippen LogP contribution in [0.2, 0.25) is 0 Å². The molecule has 0 amide bonds. The van der Waals surface area contributed by atoms with Gasteiger partial charge in [0, 0.05) is 28.9 Å². The van der Waals surface area contributed by atoms with E-state index < -0.39 is 6.10 Å². The normalized spacial score (nSPS) is 13.3. The number of fused-ring (bicyclic) bond motifs is 1. The van der Waals surface area contributed by atoms with Crippen molar-refractivity contribution >= 4 is 17.1 Å². The number of aliphatic imine (C=N–C) groups is 1. The number of nitrogens with one attached hydrogen (secondary N) is 1. The summed E-state index contributed by atoms with van der Waals surface area (Å²) < 4.78 is 0. The lowest BCUT2D eigenvalue weighted by molar-refractivity contribution is 0.177. The number of aryl methyl sites for hydroxylation is 1. The Morgan fingerprint density at radius 3 is 3.10 bits per heavy atom. The van der Waals surface area contributed by atoms with Crippen molar-refractivity contribution in [3.05, 3.63) is 41.9 Å². The first-order valence-electron chi connectivity index (χ1n) is 6.22. The van der Waals surface area contributed by atoms with Crippen LogP contribution < -0.4 is 0 Å². The Labute approximate surface area is 115 Å². The molecule has 2 aromatic heterocycles. The van der Waals surface area contributed by atoms with Crippen molar-refractivity contribution < 1.29 is 5.11 Å². The van der Waals surface area contributed by atoms with Gasteiger partial charge >= 0.3 is 0 Å². The van der Waals surface area contributed by atoms with Crippen molar-refractivity contribution in [3.8, 4) is 0 Å². The number of hydrogen-bond donors (Lipinski definition) is 2. The molecule has 0 saturated heterocycles. The van der Waals surface area contributed by atoms with E-state index in [1.165, 1.54) is 4.80 Å². The van der Waals surface area contributed by atoms with Crippen LogP contribution in [0.25, 0.3) is 10.9 Å². The van der Waals surface area contributed by atoms with Crippen LogP contribution in [0.15, 0.2) is 35.5 Å². The van der Waals surface area contributed by atoms with Crippen LogP contribution in [0.4, 0.5) is 0 Å². The van der Waals surface area contributed by atoms with Crippen molar-refractivity contribution in [1.29, 1.82) is 0 Å². The van der Waals surface area contributed by atoms with Gasteiger partial charge in [0.1, 0.15) is 6.10 Å². The Hall–Kier alpha value is -2.54. The first kappa shape index (κ1) is 12.5. The van der Waals surface area contributed by atoms with Gasteiger partial charge in [-0.3, -0.25) is 4.99 Å². The number of aliphatic hydroxyl groups is 1. The zero-order valence-corrected chi connectivity index (χ0v) is 10.9. The number of hydrogen-bond acceptors (Lipinski definition) is 5. The number of nitrogens with zero attached hydrogens (tertiary/aromatic N) is 5. The van der Waals surface area contributed by atoms with Crippen LogP contribution >= 0.6 is 0 Å². The van der Waals surface area contributed by atoms with Crippen LogP contribution in [-0.4, -0.2) is 43.1 Å². The Kier molecular flexibility index (Phi) is 3.26. The number of para-hydroxylation sites is 1. The molecule has 20 heavy (non-hydrogen) atoms. The maximum absolute atomic E-state index is 9.88. The van der Waals surface area contributed by atoms with Gasteiger partial charge in [0.15, 0.2) is 0 Å². The molecule has 0 radical (unpaired) electrons. The third kappa shape index (κ3) is 2.43. The lowest BCUT2D eigenvalue weighted by atomic mass is 10.2. The second-order valence-electron chi connectivity index (χ2n) is 4.44. The molecule has 3 aromatic rings. The van der Waals surface area contributed by atoms with Gasteiger partial charge in [0.05, 0.1) is 13.6 Å². The number of rotatable bonds is 4. The van der Waals surface area contributed by atoms with E-state index in [0.29, 0.717) is 0 Å². The molecule has 0 fully saturated rings.